The molecule has 0 aliphatic heterocycles. The zero-order chi connectivity index (χ0) is 14.6. The second-order valence-corrected chi connectivity index (χ2v) is 7.54. The molecule has 1 saturated carbocycles. The largest absolute Gasteiger partial charge is 0.218 e. The highest BCUT2D eigenvalue weighted by molar-refractivity contribution is 7.88. The summed E-state index contributed by atoms with van der Waals surface area (Å²) in [4.78, 5) is 0. The number of rotatable bonds is 6. The molecule has 2 rings (SSSR count). The Balaban J connectivity index is 2.11. The van der Waals surface area contributed by atoms with Crippen molar-refractivity contribution < 1.29 is 8.42 Å². The molecule has 20 heavy (non-hydrogen) atoms. The highest BCUT2D eigenvalue weighted by Crippen LogP contribution is 2.26. The first-order valence-electron chi connectivity index (χ1n) is 7.20. The molecule has 0 saturated heterocycles. The maximum atomic E-state index is 12.6. The van der Waals surface area contributed by atoms with Crippen LogP contribution in [0.2, 0.25) is 0 Å². The van der Waals surface area contributed by atoms with E-state index >= 15 is 0 Å². The Morgan fingerprint density at radius 3 is 2.20 bits per heavy atom. The molecule has 0 aromatic heterocycles. The lowest BCUT2D eigenvalue weighted by Gasteiger charge is -2.26. The molecule has 1 aliphatic carbocycles. The Hall–Kier alpha value is -0.580. The van der Waals surface area contributed by atoms with Gasteiger partial charge in [0.1, 0.15) is 0 Å². The van der Waals surface area contributed by atoms with Crippen LogP contribution in [0, 0.1) is 0 Å². The van der Waals surface area contributed by atoms with Crippen molar-refractivity contribution in [3.05, 3.63) is 35.4 Å². The molecular weight excluding hydrogens is 294 g/mol. The van der Waals surface area contributed by atoms with Crippen molar-refractivity contribution in [1.29, 1.82) is 0 Å². The van der Waals surface area contributed by atoms with Crippen molar-refractivity contribution >= 4 is 21.6 Å². The smallest absolute Gasteiger partial charge is 0.212 e. The molecule has 0 radical (unpaired) electrons. The molecular formula is C15H22ClNO2S. The Bertz CT molecular complexity index is 521. The Morgan fingerprint density at radius 2 is 1.70 bits per heavy atom. The van der Waals surface area contributed by atoms with Gasteiger partial charge in [-0.05, 0) is 24.0 Å². The van der Waals surface area contributed by atoms with E-state index in [2.05, 4.69) is 0 Å². The second-order valence-electron chi connectivity index (χ2n) is 5.35. The van der Waals surface area contributed by atoms with Crippen LogP contribution in [0.3, 0.4) is 0 Å². The summed E-state index contributed by atoms with van der Waals surface area (Å²) in [7, 11) is -3.23. The minimum absolute atomic E-state index is 0.0832. The molecule has 0 spiro atoms. The van der Waals surface area contributed by atoms with Crippen molar-refractivity contribution in [2.75, 3.05) is 6.54 Å². The van der Waals surface area contributed by atoms with E-state index in [9.17, 15) is 8.42 Å². The van der Waals surface area contributed by atoms with Gasteiger partial charge in [0.2, 0.25) is 10.0 Å². The third-order valence-corrected chi connectivity index (χ3v) is 6.20. The molecule has 0 atom stereocenters. The summed E-state index contributed by atoms with van der Waals surface area (Å²) in [5, 5.41) is 0. The van der Waals surface area contributed by atoms with Crippen LogP contribution in [0.1, 0.15) is 43.7 Å². The Kier molecular flexibility index (Phi) is 5.47. The van der Waals surface area contributed by atoms with E-state index in [0.717, 1.165) is 36.8 Å². The van der Waals surface area contributed by atoms with Gasteiger partial charge in [0.15, 0.2) is 0 Å². The van der Waals surface area contributed by atoms with E-state index in [1.54, 1.807) is 4.31 Å². The van der Waals surface area contributed by atoms with Crippen LogP contribution in [0.5, 0.6) is 0 Å². The van der Waals surface area contributed by atoms with Crippen molar-refractivity contribution in [2.24, 2.45) is 0 Å². The lowest BCUT2D eigenvalue weighted by molar-refractivity contribution is 0.335. The number of sulfonamides is 1. The standard InChI is InChI=1S/C15H22ClNO2S/c1-2-17(15-5-3-4-6-15)20(18,19)12-14-9-7-13(11-16)8-10-14/h7-10,15H,2-6,11-12H2,1H3. The fourth-order valence-corrected chi connectivity index (χ4v) is 4.91. The van der Waals surface area contributed by atoms with E-state index < -0.39 is 10.0 Å². The van der Waals surface area contributed by atoms with Crippen LogP contribution < -0.4 is 0 Å². The molecule has 112 valence electrons. The van der Waals surface area contributed by atoms with Crippen LogP contribution in [-0.4, -0.2) is 25.3 Å². The van der Waals surface area contributed by atoms with Gasteiger partial charge in [-0.3, -0.25) is 0 Å². The summed E-state index contributed by atoms with van der Waals surface area (Å²) < 4.78 is 26.8. The first-order valence-corrected chi connectivity index (χ1v) is 9.34. The van der Waals surface area contributed by atoms with Crippen molar-refractivity contribution in [3.8, 4) is 0 Å². The van der Waals surface area contributed by atoms with Crippen molar-refractivity contribution in [1.82, 2.24) is 4.31 Å². The molecule has 3 nitrogen and oxygen atoms in total. The lowest BCUT2D eigenvalue weighted by atomic mass is 10.2. The van der Waals surface area contributed by atoms with Gasteiger partial charge in [-0.2, -0.15) is 4.31 Å². The zero-order valence-corrected chi connectivity index (χ0v) is 13.5. The van der Waals surface area contributed by atoms with Crippen LogP contribution in [-0.2, 0) is 21.7 Å². The minimum Gasteiger partial charge on any atom is -0.212 e. The fraction of sp³-hybridized carbons (Fsp3) is 0.600. The van der Waals surface area contributed by atoms with Gasteiger partial charge in [0.25, 0.3) is 0 Å². The van der Waals surface area contributed by atoms with Crippen molar-refractivity contribution in [3.63, 3.8) is 0 Å². The summed E-state index contributed by atoms with van der Waals surface area (Å²) in [5.41, 5.74) is 1.84. The van der Waals surface area contributed by atoms with Gasteiger partial charge in [-0.1, -0.05) is 44.0 Å². The summed E-state index contributed by atoms with van der Waals surface area (Å²) >= 11 is 5.74. The third kappa shape index (κ3) is 3.74. The predicted octanol–water partition coefficient (Wildman–Crippen LogP) is 3.52. The van der Waals surface area contributed by atoms with E-state index in [1.165, 1.54) is 0 Å². The van der Waals surface area contributed by atoms with E-state index in [0.29, 0.717) is 12.4 Å². The number of benzene rings is 1. The summed E-state index contributed by atoms with van der Waals surface area (Å²) in [5.74, 6) is 0.538. The maximum Gasteiger partial charge on any atom is 0.218 e. The van der Waals surface area contributed by atoms with Gasteiger partial charge in [0, 0.05) is 18.5 Å². The molecule has 1 aromatic rings. The van der Waals surface area contributed by atoms with E-state index in [1.807, 2.05) is 31.2 Å². The number of hydrogen-bond acceptors (Lipinski definition) is 2. The SMILES string of the molecule is CCN(C1CCCC1)S(=O)(=O)Cc1ccc(CCl)cc1. The van der Waals surface area contributed by atoms with Crippen LogP contribution in [0.15, 0.2) is 24.3 Å². The number of alkyl halides is 1. The lowest BCUT2D eigenvalue weighted by Crippen LogP contribution is -2.39. The first-order chi connectivity index (χ1) is 9.56. The molecule has 0 heterocycles. The van der Waals surface area contributed by atoms with Crippen LogP contribution in [0.25, 0.3) is 0 Å². The molecule has 5 heteroatoms. The Labute approximate surface area is 127 Å². The number of hydrogen-bond donors (Lipinski definition) is 0. The molecule has 1 aromatic carbocycles. The highest BCUT2D eigenvalue weighted by Gasteiger charge is 2.30. The predicted molar refractivity (Wildman–Crippen MR) is 83.3 cm³/mol. The second kappa shape index (κ2) is 6.92. The number of nitrogens with zero attached hydrogens (tertiary/aromatic N) is 1. The number of halogens is 1. The zero-order valence-electron chi connectivity index (χ0n) is 11.9. The first kappa shape index (κ1) is 15.8. The average molecular weight is 316 g/mol. The monoisotopic (exact) mass is 315 g/mol. The van der Waals surface area contributed by atoms with Crippen molar-refractivity contribution in [2.45, 2.75) is 50.3 Å². The maximum absolute atomic E-state index is 12.6. The summed E-state index contributed by atoms with van der Waals surface area (Å²) in [6.07, 6.45) is 4.28. The summed E-state index contributed by atoms with van der Waals surface area (Å²) in [6.45, 7) is 2.49. The molecule has 0 bridgehead atoms. The molecule has 0 N–H and O–H groups in total. The quantitative estimate of drug-likeness (QED) is 0.753. The topological polar surface area (TPSA) is 37.4 Å². The van der Waals surface area contributed by atoms with Gasteiger partial charge in [0.05, 0.1) is 5.75 Å². The van der Waals surface area contributed by atoms with Gasteiger partial charge >= 0.3 is 0 Å². The van der Waals surface area contributed by atoms with Gasteiger partial charge in [-0.15, -0.1) is 11.6 Å². The van der Waals surface area contributed by atoms with E-state index in [-0.39, 0.29) is 11.8 Å². The van der Waals surface area contributed by atoms with Gasteiger partial charge < -0.3 is 0 Å². The third-order valence-electron chi connectivity index (χ3n) is 3.93. The fourth-order valence-electron chi connectivity index (χ4n) is 2.89. The molecule has 1 fully saturated rings. The van der Waals surface area contributed by atoms with E-state index in [4.69, 9.17) is 11.6 Å². The molecule has 0 unspecified atom stereocenters. The van der Waals surface area contributed by atoms with Crippen LogP contribution >= 0.6 is 11.6 Å². The van der Waals surface area contributed by atoms with Gasteiger partial charge in [-0.25, -0.2) is 8.42 Å². The normalized spacial score (nSPS) is 16.9. The average Bonchev–Trinajstić information content (AvgIpc) is 2.93. The summed E-state index contributed by atoms with van der Waals surface area (Å²) in [6, 6.07) is 7.70. The highest BCUT2D eigenvalue weighted by atomic mass is 35.5. The molecule has 1 aliphatic rings. The Morgan fingerprint density at radius 1 is 1.15 bits per heavy atom. The minimum atomic E-state index is -3.23. The molecule has 0 amide bonds. The van der Waals surface area contributed by atoms with Crippen LogP contribution in [0.4, 0.5) is 0 Å².